The van der Waals surface area contributed by atoms with E-state index < -0.39 is 0 Å². The average molecular weight is 321 g/mol. The maximum atomic E-state index is 12.1. The minimum Gasteiger partial charge on any atom is -0.321 e. The first-order valence-electron chi connectivity index (χ1n) is 5.79. The lowest BCUT2D eigenvalue weighted by Crippen LogP contribution is -2.09. The van der Waals surface area contributed by atoms with Crippen molar-refractivity contribution in [2.75, 3.05) is 5.32 Å². The summed E-state index contributed by atoms with van der Waals surface area (Å²) in [5.41, 5.74) is 0.675. The zero-order chi connectivity index (χ0) is 13.9. The molecule has 0 aliphatic heterocycles. The number of amides is 1. The highest BCUT2D eigenvalue weighted by molar-refractivity contribution is 7.22. The number of thiophene rings is 1. The summed E-state index contributed by atoms with van der Waals surface area (Å²) in [6, 6.07) is 11.0. The lowest BCUT2D eigenvalue weighted by Gasteiger charge is -2.02. The Hall–Kier alpha value is -1.69. The molecule has 0 unspecified atom stereocenters. The molecule has 2 aromatic heterocycles. The molecule has 0 saturated heterocycles. The minimum atomic E-state index is -0.174. The van der Waals surface area contributed by atoms with Crippen molar-refractivity contribution in [3.05, 3.63) is 57.9 Å². The van der Waals surface area contributed by atoms with Gasteiger partial charge in [0.2, 0.25) is 0 Å². The predicted molar refractivity (Wildman–Crippen MR) is 84.8 cm³/mol. The lowest BCUT2D eigenvalue weighted by molar-refractivity contribution is 0.103. The van der Waals surface area contributed by atoms with Gasteiger partial charge in [-0.25, -0.2) is 4.98 Å². The van der Waals surface area contributed by atoms with Gasteiger partial charge >= 0.3 is 0 Å². The van der Waals surface area contributed by atoms with E-state index >= 15 is 0 Å². The molecule has 3 aromatic rings. The van der Waals surface area contributed by atoms with Crippen molar-refractivity contribution in [3.8, 4) is 9.88 Å². The number of thiazole rings is 1. The highest BCUT2D eigenvalue weighted by Crippen LogP contribution is 2.29. The van der Waals surface area contributed by atoms with E-state index in [1.54, 1.807) is 41.8 Å². The second-order valence-electron chi connectivity index (χ2n) is 3.97. The third-order valence-corrected chi connectivity index (χ3v) is 4.81. The lowest BCUT2D eigenvalue weighted by atomic mass is 10.3. The van der Waals surface area contributed by atoms with Crippen molar-refractivity contribution >= 4 is 45.9 Å². The molecule has 3 nitrogen and oxygen atoms in total. The molecule has 1 amide bonds. The second-order valence-corrected chi connectivity index (χ2v) is 6.39. The molecule has 100 valence electrons. The van der Waals surface area contributed by atoms with Gasteiger partial charge < -0.3 is 5.32 Å². The smallest absolute Gasteiger partial charge is 0.267 e. The zero-order valence-corrected chi connectivity index (χ0v) is 12.6. The highest BCUT2D eigenvalue weighted by Gasteiger charge is 2.12. The molecule has 0 aliphatic rings. The molecule has 0 saturated carbocycles. The Labute approximate surface area is 128 Å². The molecule has 2 heterocycles. The van der Waals surface area contributed by atoms with Crippen molar-refractivity contribution in [1.29, 1.82) is 0 Å². The number of nitrogens with zero attached hydrogens (tertiary/aromatic N) is 1. The maximum Gasteiger partial charge on any atom is 0.267 e. The van der Waals surface area contributed by atoms with Crippen LogP contribution in [-0.2, 0) is 0 Å². The van der Waals surface area contributed by atoms with Crippen molar-refractivity contribution in [2.24, 2.45) is 0 Å². The summed E-state index contributed by atoms with van der Waals surface area (Å²) in [6.45, 7) is 0. The molecule has 0 aliphatic carbocycles. The van der Waals surface area contributed by atoms with E-state index in [4.69, 9.17) is 11.6 Å². The van der Waals surface area contributed by atoms with Crippen molar-refractivity contribution < 1.29 is 4.79 Å². The molecule has 0 spiro atoms. The van der Waals surface area contributed by atoms with E-state index in [2.05, 4.69) is 10.3 Å². The summed E-state index contributed by atoms with van der Waals surface area (Å²) in [4.78, 5) is 18.1. The number of aromatic nitrogens is 1. The highest BCUT2D eigenvalue weighted by atomic mass is 35.5. The Kier molecular flexibility index (Phi) is 3.82. The standard InChI is InChI=1S/C14H9ClN2OS2/c15-9-3-1-4-10(7-9)17-13(18)12-8-16-14(20-12)11-5-2-6-19-11/h1-8H,(H,17,18). The monoisotopic (exact) mass is 320 g/mol. The molecule has 0 radical (unpaired) electrons. The summed E-state index contributed by atoms with van der Waals surface area (Å²) >= 11 is 8.87. The molecule has 1 aromatic carbocycles. The number of halogens is 1. The van der Waals surface area contributed by atoms with Crippen molar-refractivity contribution in [2.45, 2.75) is 0 Å². The number of benzene rings is 1. The molecule has 1 N–H and O–H groups in total. The van der Waals surface area contributed by atoms with Crippen LogP contribution in [0.5, 0.6) is 0 Å². The molecule has 6 heteroatoms. The van der Waals surface area contributed by atoms with Gasteiger partial charge in [0.1, 0.15) is 9.88 Å². The number of carbonyl (C=O) groups excluding carboxylic acids is 1. The van der Waals surface area contributed by atoms with Crippen LogP contribution in [0.3, 0.4) is 0 Å². The van der Waals surface area contributed by atoms with Gasteiger partial charge in [0.15, 0.2) is 0 Å². The molecule has 3 rings (SSSR count). The van der Waals surface area contributed by atoms with Gasteiger partial charge in [0, 0.05) is 10.7 Å². The fourth-order valence-electron chi connectivity index (χ4n) is 1.65. The number of nitrogens with one attached hydrogen (secondary N) is 1. The van der Waals surface area contributed by atoms with Crippen LogP contribution in [0.1, 0.15) is 9.67 Å². The van der Waals surface area contributed by atoms with Crippen molar-refractivity contribution in [1.82, 2.24) is 4.98 Å². The molecule has 0 atom stereocenters. The first kappa shape index (κ1) is 13.3. The van der Waals surface area contributed by atoms with Crippen LogP contribution in [0.25, 0.3) is 9.88 Å². The maximum absolute atomic E-state index is 12.1. The number of carbonyl (C=O) groups is 1. The van der Waals surface area contributed by atoms with Crippen LogP contribution < -0.4 is 5.32 Å². The van der Waals surface area contributed by atoms with Gasteiger partial charge in [-0.1, -0.05) is 23.7 Å². The third-order valence-electron chi connectivity index (χ3n) is 2.54. The summed E-state index contributed by atoms with van der Waals surface area (Å²) in [5, 5.41) is 6.24. The molecular formula is C14H9ClN2OS2. The van der Waals surface area contributed by atoms with Crippen LogP contribution in [0, 0.1) is 0 Å². The predicted octanol–water partition coefficient (Wildman–Crippen LogP) is 4.78. The van der Waals surface area contributed by atoms with Crippen molar-refractivity contribution in [3.63, 3.8) is 0 Å². The summed E-state index contributed by atoms with van der Waals surface area (Å²) in [7, 11) is 0. The third kappa shape index (κ3) is 2.90. The average Bonchev–Trinajstić information content (AvgIpc) is 3.10. The largest absolute Gasteiger partial charge is 0.321 e. The Balaban J connectivity index is 1.78. The van der Waals surface area contributed by atoms with Gasteiger partial charge in [-0.15, -0.1) is 22.7 Å². The Morgan fingerprint density at radius 2 is 2.15 bits per heavy atom. The minimum absolute atomic E-state index is 0.174. The molecule has 0 fully saturated rings. The zero-order valence-electron chi connectivity index (χ0n) is 10.2. The quantitative estimate of drug-likeness (QED) is 0.754. The van der Waals surface area contributed by atoms with Gasteiger partial charge in [-0.3, -0.25) is 4.79 Å². The summed E-state index contributed by atoms with van der Waals surface area (Å²) in [6.07, 6.45) is 1.60. The van der Waals surface area contributed by atoms with E-state index in [0.29, 0.717) is 15.6 Å². The first-order chi connectivity index (χ1) is 9.72. The normalized spacial score (nSPS) is 10.4. The van der Waals surface area contributed by atoms with Crippen LogP contribution in [0.2, 0.25) is 5.02 Å². The van der Waals surface area contributed by atoms with Crippen LogP contribution in [-0.4, -0.2) is 10.9 Å². The van der Waals surface area contributed by atoms with Gasteiger partial charge in [-0.05, 0) is 29.6 Å². The SMILES string of the molecule is O=C(Nc1cccc(Cl)c1)c1cnc(-c2cccs2)s1. The van der Waals surface area contributed by atoms with E-state index in [0.717, 1.165) is 9.88 Å². The number of hydrogen-bond donors (Lipinski definition) is 1. The topological polar surface area (TPSA) is 42.0 Å². The second kappa shape index (κ2) is 5.75. The van der Waals surface area contributed by atoms with E-state index in [1.807, 2.05) is 17.5 Å². The molecule has 20 heavy (non-hydrogen) atoms. The van der Waals surface area contributed by atoms with Gasteiger partial charge in [0.25, 0.3) is 5.91 Å². The number of anilines is 1. The first-order valence-corrected chi connectivity index (χ1v) is 7.86. The Morgan fingerprint density at radius 1 is 1.25 bits per heavy atom. The van der Waals surface area contributed by atoms with Crippen LogP contribution in [0.4, 0.5) is 5.69 Å². The van der Waals surface area contributed by atoms with E-state index in [-0.39, 0.29) is 5.91 Å². The Morgan fingerprint density at radius 3 is 2.90 bits per heavy atom. The van der Waals surface area contributed by atoms with Crippen LogP contribution in [0.15, 0.2) is 48.0 Å². The Bertz CT molecular complexity index is 737. The van der Waals surface area contributed by atoms with Gasteiger partial charge in [-0.2, -0.15) is 0 Å². The van der Waals surface area contributed by atoms with E-state index in [9.17, 15) is 4.79 Å². The number of hydrogen-bond acceptors (Lipinski definition) is 4. The van der Waals surface area contributed by atoms with Gasteiger partial charge in [0.05, 0.1) is 11.1 Å². The molecular weight excluding hydrogens is 312 g/mol. The number of rotatable bonds is 3. The fourth-order valence-corrected chi connectivity index (χ4v) is 3.46. The summed E-state index contributed by atoms with van der Waals surface area (Å²) < 4.78 is 0. The molecule has 0 bridgehead atoms. The fraction of sp³-hybridized carbons (Fsp3) is 0. The van der Waals surface area contributed by atoms with E-state index in [1.165, 1.54) is 11.3 Å². The van der Waals surface area contributed by atoms with Crippen LogP contribution >= 0.6 is 34.3 Å². The summed E-state index contributed by atoms with van der Waals surface area (Å²) in [5.74, 6) is -0.174.